The molecule has 1 aromatic rings. The van der Waals surface area contributed by atoms with Crippen LogP contribution in [0.15, 0.2) is 53.3 Å². The molecular formula is C16H19N3O2. The highest BCUT2D eigenvalue weighted by molar-refractivity contribution is 5.48. The number of nitro groups is 1. The molecule has 0 saturated carbocycles. The average Bonchev–Trinajstić information content (AvgIpc) is 2.48. The maximum Gasteiger partial charge on any atom is 0.273 e. The van der Waals surface area contributed by atoms with Gasteiger partial charge in [-0.25, -0.2) is 0 Å². The molecule has 5 heteroatoms. The van der Waals surface area contributed by atoms with E-state index in [2.05, 4.69) is 4.90 Å². The van der Waals surface area contributed by atoms with E-state index < -0.39 is 5.54 Å². The Morgan fingerprint density at radius 1 is 1.33 bits per heavy atom. The molecule has 0 saturated heterocycles. The Kier molecular flexibility index (Phi) is 3.29. The van der Waals surface area contributed by atoms with Gasteiger partial charge in [-0.15, -0.1) is 0 Å². The van der Waals surface area contributed by atoms with Crippen LogP contribution >= 0.6 is 0 Å². The van der Waals surface area contributed by atoms with Crippen LogP contribution in [-0.2, 0) is 5.54 Å². The van der Waals surface area contributed by atoms with Crippen molar-refractivity contribution in [2.45, 2.75) is 18.4 Å². The summed E-state index contributed by atoms with van der Waals surface area (Å²) in [6.07, 6.45) is 2.92. The predicted molar refractivity (Wildman–Crippen MR) is 81.1 cm³/mol. The highest BCUT2D eigenvalue weighted by Crippen LogP contribution is 2.44. The maximum absolute atomic E-state index is 12.0. The Bertz CT molecular complexity index is 636. The molecular weight excluding hydrogens is 266 g/mol. The molecule has 1 heterocycles. The van der Waals surface area contributed by atoms with Gasteiger partial charge in [0.2, 0.25) is 0 Å². The van der Waals surface area contributed by atoms with Crippen molar-refractivity contribution in [3.63, 3.8) is 0 Å². The minimum Gasteiger partial charge on any atom is -0.399 e. The zero-order valence-electron chi connectivity index (χ0n) is 12.1. The van der Waals surface area contributed by atoms with Crippen molar-refractivity contribution in [1.29, 1.82) is 0 Å². The highest BCUT2D eigenvalue weighted by atomic mass is 16.6. The Balaban J connectivity index is 2.22. The fourth-order valence-corrected chi connectivity index (χ4v) is 3.40. The summed E-state index contributed by atoms with van der Waals surface area (Å²) in [6, 6.07) is 9.28. The smallest absolute Gasteiger partial charge is 0.273 e. The molecule has 1 aromatic carbocycles. The third-order valence-corrected chi connectivity index (χ3v) is 4.56. The number of benzene rings is 1. The first-order chi connectivity index (χ1) is 10.1. The SMILES string of the molecule is CN1CCC2=C(C1)C(c1ccccc1)([N+](=O)[O-])CC=C2N. The summed E-state index contributed by atoms with van der Waals surface area (Å²) in [5, 5.41) is 12.0. The molecule has 0 spiro atoms. The second-order valence-corrected chi connectivity index (χ2v) is 5.79. The highest BCUT2D eigenvalue weighted by Gasteiger charge is 2.51. The van der Waals surface area contributed by atoms with Crippen molar-refractivity contribution in [3.8, 4) is 0 Å². The number of allylic oxidation sites excluding steroid dienone is 1. The lowest BCUT2D eigenvalue weighted by Crippen LogP contribution is -2.46. The summed E-state index contributed by atoms with van der Waals surface area (Å²) < 4.78 is 0. The van der Waals surface area contributed by atoms with E-state index in [0.29, 0.717) is 18.7 Å². The van der Waals surface area contributed by atoms with Crippen molar-refractivity contribution in [1.82, 2.24) is 4.90 Å². The molecule has 1 aliphatic heterocycles. The fraction of sp³-hybridized carbons (Fsp3) is 0.375. The average molecular weight is 285 g/mol. The molecule has 0 amide bonds. The molecule has 1 atom stereocenters. The quantitative estimate of drug-likeness (QED) is 0.666. The lowest BCUT2D eigenvalue weighted by atomic mass is 9.72. The Morgan fingerprint density at radius 2 is 2.05 bits per heavy atom. The van der Waals surface area contributed by atoms with Crippen LogP contribution in [0.2, 0.25) is 0 Å². The molecule has 1 aliphatic carbocycles. The van der Waals surface area contributed by atoms with Crippen molar-refractivity contribution in [3.05, 3.63) is 68.9 Å². The minimum absolute atomic E-state index is 0.139. The van der Waals surface area contributed by atoms with Gasteiger partial charge in [-0.3, -0.25) is 10.1 Å². The van der Waals surface area contributed by atoms with Crippen LogP contribution < -0.4 is 5.73 Å². The van der Waals surface area contributed by atoms with Crippen LogP contribution in [0.25, 0.3) is 0 Å². The van der Waals surface area contributed by atoms with Gasteiger partial charge >= 0.3 is 0 Å². The van der Waals surface area contributed by atoms with Gasteiger partial charge in [-0.1, -0.05) is 36.4 Å². The van der Waals surface area contributed by atoms with Crippen LogP contribution in [0.3, 0.4) is 0 Å². The predicted octanol–water partition coefficient (Wildman–Crippen LogP) is 2.04. The largest absolute Gasteiger partial charge is 0.399 e. The van der Waals surface area contributed by atoms with Crippen molar-refractivity contribution < 1.29 is 4.92 Å². The zero-order chi connectivity index (χ0) is 15.0. The first-order valence-corrected chi connectivity index (χ1v) is 7.13. The van der Waals surface area contributed by atoms with Gasteiger partial charge in [-0.2, -0.15) is 0 Å². The van der Waals surface area contributed by atoms with E-state index >= 15 is 0 Å². The van der Waals surface area contributed by atoms with Gasteiger partial charge in [0.15, 0.2) is 0 Å². The third-order valence-electron chi connectivity index (χ3n) is 4.56. The summed E-state index contributed by atoms with van der Waals surface area (Å²) in [6.45, 7) is 1.48. The molecule has 0 bridgehead atoms. The number of hydrogen-bond acceptors (Lipinski definition) is 4. The Labute approximate surface area is 123 Å². The van der Waals surface area contributed by atoms with Crippen LogP contribution in [0.4, 0.5) is 0 Å². The molecule has 0 radical (unpaired) electrons. The summed E-state index contributed by atoms with van der Waals surface area (Å²) in [5.74, 6) is 0. The van der Waals surface area contributed by atoms with E-state index in [4.69, 9.17) is 5.73 Å². The van der Waals surface area contributed by atoms with Crippen LogP contribution in [0, 0.1) is 10.1 Å². The third kappa shape index (κ3) is 2.05. The second-order valence-electron chi connectivity index (χ2n) is 5.79. The molecule has 3 rings (SSSR count). The van der Waals surface area contributed by atoms with E-state index in [1.807, 2.05) is 43.5 Å². The van der Waals surface area contributed by atoms with Crippen molar-refractivity contribution >= 4 is 0 Å². The van der Waals surface area contributed by atoms with E-state index in [9.17, 15) is 10.1 Å². The fourth-order valence-electron chi connectivity index (χ4n) is 3.40. The normalized spacial score (nSPS) is 26.2. The first kappa shape index (κ1) is 13.8. The lowest BCUT2D eigenvalue weighted by molar-refractivity contribution is -0.567. The number of rotatable bonds is 2. The number of likely N-dealkylation sites (N-methyl/N-ethyl adjacent to an activating group) is 1. The van der Waals surface area contributed by atoms with E-state index in [0.717, 1.165) is 29.7 Å². The number of nitrogens with zero attached hydrogens (tertiary/aromatic N) is 2. The van der Waals surface area contributed by atoms with E-state index in [1.54, 1.807) is 0 Å². The van der Waals surface area contributed by atoms with E-state index in [-0.39, 0.29) is 4.92 Å². The molecule has 0 aromatic heterocycles. The Hall–Kier alpha value is -2.14. The molecule has 2 aliphatic rings. The van der Waals surface area contributed by atoms with Gasteiger partial charge in [-0.05, 0) is 19.0 Å². The van der Waals surface area contributed by atoms with Crippen LogP contribution in [0.1, 0.15) is 18.4 Å². The zero-order valence-corrected chi connectivity index (χ0v) is 12.1. The van der Waals surface area contributed by atoms with Crippen molar-refractivity contribution in [2.24, 2.45) is 5.73 Å². The molecule has 5 nitrogen and oxygen atoms in total. The van der Waals surface area contributed by atoms with Gasteiger partial charge in [0.1, 0.15) is 0 Å². The van der Waals surface area contributed by atoms with Crippen molar-refractivity contribution in [2.75, 3.05) is 20.1 Å². The summed E-state index contributed by atoms with van der Waals surface area (Å²) >= 11 is 0. The van der Waals surface area contributed by atoms with Gasteiger partial charge in [0.25, 0.3) is 5.54 Å². The molecule has 21 heavy (non-hydrogen) atoms. The van der Waals surface area contributed by atoms with Crippen LogP contribution in [-0.4, -0.2) is 30.0 Å². The van der Waals surface area contributed by atoms with Gasteiger partial charge < -0.3 is 10.6 Å². The second kappa shape index (κ2) is 5.00. The summed E-state index contributed by atoms with van der Waals surface area (Å²) in [7, 11) is 1.99. The molecule has 1 unspecified atom stereocenters. The molecule has 110 valence electrons. The first-order valence-electron chi connectivity index (χ1n) is 7.13. The van der Waals surface area contributed by atoms with Gasteiger partial charge in [0.05, 0.1) is 0 Å². The molecule has 0 fully saturated rings. The lowest BCUT2D eigenvalue weighted by Gasteiger charge is -2.38. The number of nitrogens with two attached hydrogens (primary N) is 1. The minimum atomic E-state index is -1.17. The summed E-state index contributed by atoms with van der Waals surface area (Å²) in [5.41, 5.74) is 8.20. The number of hydrogen-bond donors (Lipinski definition) is 1. The maximum atomic E-state index is 12.0. The summed E-state index contributed by atoms with van der Waals surface area (Å²) in [4.78, 5) is 14.0. The molecule has 2 N–H and O–H groups in total. The Morgan fingerprint density at radius 3 is 2.71 bits per heavy atom. The topological polar surface area (TPSA) is 72.4 Å². The monoisotopic (exact) mass is 285 g/mol. The standard InChI is InChI=1S/C16H19N3O2/c1-18-10-8-13-14(11-18)16(19(20)21,9-7-15(13)17)12-5-3-2-4-6-12/h2-7H,8-11,17H2,1H3. The van der Waals surface area contributed by atoms with Gasteiger partial charge in [0, 0.05) is 41.3 Å². The van der Waals surface area contributed by atoms with Crippen LogP contribution in [0.5, 0.6) is 0 Å². The van der Waals surface area contributed by atoms with E-state index in [1.165, 1.54) is 0 Å².